The van der Waals surface area contributed by atoms with Crippen LogP contribution < -0.4 is 10.5 Å². The third-order valence-corrected chi connectivity index (χ3v) is 2.83. The summed E-state index contributed by atoms with van der Waals surface area (Å²) in [6.45, 7) is 4.26. The average Bonchev–Trinajstić information content (AvgIpc) is 2.89. The molecule has 2 aromatic heterocycles. The van der Waals surface area contributed by atoms with Gasteiger partial charge in [0.15, 0.2) is 0 Å². The molecule has 2 rings (SSSR count). The predicted octanol–water partition coefficient (Wildman–Crippen LogP) is 2.08. The van der Waals surface area contributed by atoms with Crippen LogP contribution in [0.25, 0.3) is 11.3 Å². The van der Waals surface area contributed by atoms with Crippen LogP contribution in [0.5, 0.6) is 5.88 Å². The van der Waals surface area contributed by atoms with E-state index in [4.69, 9.17) is 10.5 Å². The lowest BCUT2D eigenvalue weighted by Gasteiger charge is -2.02. The lowest BCUT2D eigenvalue weighted by atomic mass is 10.2. The number of hydrogen-bond donors (Lipinski definition) is 1. The standard InChI is InChI=1S/C14H20N4O/c1-2-19-14-6-5-12(9-16-14)13-10-18(11-17-13)8-4-3-7-15/h5-6,9-11H,2-4,7-8,15H2,1H3. The molecule has 5 nitrogen and oxygen atoms in total. The van der Waals surface area contributed by atoms with E-state index in [0.717, 1.165) is 37.2 Å². The molecule has 0 atom stereocenters. The molecule has 0 aliphatic carbocycles. The van der Waals surface area contributed by atoms with Gasteiger partial charge in [0.05, 0.1) is 18.6 Å². The first-order chi connectivity index (χ1) is 9.33. The first-order valence-corrected chi connectivity index (χ1v) is 6.64. The molecule has 5 heteroatoms. The number of ether oxygens (including phenoxy) is 1. The van der Waals surface area contributed by atoms with Crippen molar-refractivity contribution in [3.63, 3.8) is 0 Å². The Morgan fingerprint density at radius 1 is 1.26 bits per heavy atom. The Hall–Kier alpha value is -1.88. The van der Waals surface area contributed by atoms with Gasteiger partial charge in [-0.3, -0.25) is 0 Å². The van der Waals surface area contributed by atoms with Crippen LogP contribution in [0.4, 0.5) is 0 Å². The maximum absolute atomic E-state index is 5.48. The Bertz CT molecular complexity index is 492. The number of unbranched alkanes of at least 4 members (excludes halogenated alkanes) is 1. The van der Waals surface area contributed by atoms with Gasteiger partial charge >= 0.3 is 0 Å². The Balaban J connectivity index is 2.01. The number of nitrogens with two attached hydrogens (primary N) is 1. The van der Waals surface area contributed by atoms with Crippen molar-refractivity contribution in [2.75, 3.05) is 13.2 Å². The fourth-order valence-corrected chi connectivity index (χ4v) is 1.84. The van der Waals surface area contributed by atoms with Gasteiger partial charge in [-0.25, -0.2) is 9.97 Å². The molecule has 0 aromatic carbocycles. The molecule has 2 aromatic rings. The van der Waals surface area contributed by atoms with E-state index in [1.165, 1.54) is 0 Å². The minimum absolute atomic E-state index is 0.627. The summed E-state index contributed by atoms with van der Waals surface area (Å²) in [6, 6.07) is 3.84. The van der Waals surface area contributed by atoms with Gasteiger partial charge in [-0.15, -0.1) is 0 Å². The molecule has 2 heterocycles. The molecular formula is C14H20N4O. The van der Waals surface area contributed by atoms with Gasteiger partial charge in [-0.1, -0.05) is 0 Å². The zero-order valence-corrected chi connectivity index (χ0v) is 11.2. The summed E-state index contributed by atoms with van der Waals surface area (Å²) in [5.41, 5.74) is 7.42. The smallest absolute Gasteiger partial charge is 0.213 e. The van der Waals surface area contributed by atoms with Crippen molar-refractivity contribution >= 4 is 0 Å². The molecule has 19 heavy (non-hydrogen) atoms. The summed E-state index contributed by atoms with van der Waals surface area (Å²) in [5.74, 6) is 0.647. The van der Waals surface area contributed by atoms with Crippen molar-refractivity contribution in [2.45, 2.75) is 26.3 Å². The summed E-state index contributed by atoms with van der Waals surface area (Å²) >= 11 is 0. The monoisotopic (exact) mass is 260 g/mol. The van der Waals surface area contributed by atoms with Crippen LogP contribution >= 0.6 is 0 Å². The Kier molecular flexibility index (Phi) is 4.92. The summed E-state index contributed by atoms with van der Waals surface area (Å²) in [7, 11) is 0. The van der Waals surface area contributed by atoms with E-state index in [2.05, 4.69) is 14.5 Å². The van der Waals surface area contributed by atoms with Crippen LogP contribution in [0.1, 0.15) is 19.8 Å². The topological polar surface area (TPSA) is 66.0 Å². The molecule has 0 aliphatic heterocycles. The maximum Gasteiger partial charge on any atom is 0.213 e. The van der Waals surface area contributed by atoms with Crippen LogP contribution in [-0.2, 0) is 6.54 Å². The number of hydrogen-bond acceptors (Lipinski definition) is 4. The normalized spacial score (nSPS) is 10.6. The van der Waals surface area contributed by atoms with E-state index in [9.17, 15) is 0 Å². The molecule has 0 unspecified atom stereocenters. The zero-order chi connectivity index (χ0) is 13.5. The number of rotatable bonds is 7. The van der Waals surface area contributed by atoms with Crippen molar-refractivity contribution in [1.29, 1.82) is 0 Å². The molecule has 0 aliphatic rings. The number of aromatic nitrogens is 3. The average molecular weight is 260 g/mol. The highest BCUT2D eigenvalue weighted by Crippen LogP contribution is 2.18. The quantitative estimate of drug-likeness (QED) is 0.774. The first-order valence-electron chi connectivity index (χ1n) is 6.64. The van der Waals surface area contributed by atoms with Crippen molar-refractivity contribution in [3.8, 4) is 17.1 Å². The van der Waals surface area contributed by atoms with Crippen LogP contribution in [-0.4, -0.2) is 27.7 Å². The first kappa shape index (κ1) is 13.5. The van der Waals surface area contributed by atoms with E-state index < -0.39 is 0 Å². The molecule has 0 spiro atoms. The number of pyridine rings is 1. The van der Waals surface area contributed by atoms with Crippen molar-refractivity contribution < 1.29 is 4.74 Å². The second kappa shape index (κ2) is 6.89. The molecule has 0 radical (unpaired) electrons. The number of nitrogens with zero attached hydrogens (tertiary/aromatic N) is 3. The molecule has 2 N–H and O–H groups in total. The molecule has 0 bridgehead atoms. The number of aryl methyl sites for hydroxylation is 1. The second-order valence-electron chi connectivity index (χ2n) is 4.31. The highest BCUT2D eigenvalue weighted by molar-refractivity contribution is 5.57. The summed E-state index contributed by atoms with van der Waals surface area (Å²) in [6.07, 6.45) is 7.79. The fourth-order valence-electron chi connectivity index (χ4n) is 1.84. The Labute approximate surface area is 113 Å². The van der Waals surface area contributed by atoms with Gasteiger partial charge in [0.2, 0.25) is 5.88 Å². The lowest BCUT2D eigenvalue weighted by molar-refractivity contribution is 0.327. The van der Waals surface area contributed by atoms with Crippen LogP contribution in [0.3, 0.4) is 0 Å². The van der Waals surface area contributed by atoms with E-state index in [-0.39, 0.29) is 0 Å². The minimum atomic E-state index is 0.627. The van der Waals surface area contributed by atoms with Crippen LogP contribution in [0.15, 0.2) is 30.9 Å². The summed E-state index contributed by atoms with van der Waals surface area (Å²) < 4.78 is 7.40. The van der Waals surface area contributed by atoms with Gasteiger partial charge < -0.3 is 15.0 Å². The van der Waals surface area contributed by atoms with Gasteiger partial charge in [-0.05, 0) is 32.4 Å². The van der Waals surface area contributed by atoms with Crippen LogP contribution in [0, 0.1) is 0 Å². The Morgan fingerprint density at radius 3 is 2.84 bits per heavy atom. The molecular weight excluding hydrogens is 240 g/mol. The van der Waals surface area contributed by atoms with Crippen molar-refractivity contribution in [2.24, 2.45) is 5.73 Å². The van der Waals surface area contributed by atoms with Crippen LogP contribution in [0.2, 0.25) is 0 Å². The van der Waals surface area contributed by atoms with Gasteiger partial charge in [0.25, 0.3) is 0 Å². The van der Waals surface area contributed by atoms with Gasteiger partial charge in [-0.2, -0.15) is 0 Å². The maximum atomic E-state index is 5.48. The summed E-state index contributed by atoms with van der Waals surface area (Å²) in [4.78, 5) is 8.63. The third kappa shape index (κ3) is 3.79. The highest BCUT2D eigenvalue weighted by atomic mass is 16.5. The SMILES string of the molecule is CCOc1ccc(-c2cn(CCCCN)cn2)cn1. The highest BCUT2D eigenvalue weighted by Gasteiger charge is 2.03. The molecule has 102 valence electrons. The molecule has 0 fully saturated rings. The molecule has 0 amide bonds. The molecule has 0 saturated carbocycles. The number of imidazole rings is 1. The lowest BCUT2D eigenvalue weighted by Crippen LogP contribution is -2.01. The minimum Gasteiger partial charge on any atom is -0.478 e. The largest absolute Gasteiger partial charge is 0.478 e. The van der Waals surface area contributed by atoms with Gasteiger partial charge in [0.1, 0.15) is 0 Å². The Morgan fingerprint density at radius 2 is 2.16 bits per heavy atom. The fraction of sp³-hybridized carbons (Fsp3) is 0.429. The van der Waals surface area contributed by atoms with Crippen molar-refractivity contribution in [1.82, 2.24) is 14.5 Å². The van der Waals surface area contributed by atoms with E-state index >= 15 is 0 Å². The van der Waals surface area contributed by atoms with E-state index in [1.807, 2.05) is 31.6 Å². The van der Waals surface area contributed by atoms with E-state index in [0.29, 0.717) is 12.5 Å². The van der Waals surface area contributed by atoms with E-state index in [1.54, 1.807) is 6.20 Å². The van der Waals surface area contributed by atoms with Gasteiger partial charge in [0, 0.05) is 30.6 Å². The predicted molar refractivity (Wildman–Crippen MR) is 74.9 cm³/mol. The van der Waals surface area contributed by atoms with Crippen molar-refractivity contribution in [3.05, 3.63) is 30.9 Å². The third-order valence-electron chi connectivity index (χ3n) is 2.83. The molecule has 0 saturated heterocycles. The zero-order valence-electron chi connectivity index (χ0n) is 11.2. The second-order valence-corrected chi connectivity index (χ2v) is 4.31. The summed E-state index contributed by atoms with van der Waals surface area (Å²) in [5, 5.41) is 0.